The van der Waals surface area contributed by atoms with Gasteiger partial charge in [-0.1, -0.05) is 18.2 Å². The van der Waals surface area contributed by atoms with Gasteiger partial charge in [0.05, 0.1) is 6.07 Å². The van der Waals surface area contributed by atoms with E-state index in [1.165, 1.54) is 0 Å². The lowest BCUT2D eigenvalue weighted by molar-refractivity contribution is -0.131. The van der Waals surface area contributed by atoms with E-state index in [1.54, 1.807) is 0 Å². The van der Waals surface area contributed by atoms with Crippen LogP contribution in [0.15, 0.2) is 24.3 Å². The number of carbonyl (C=O) groups is 1. The second-order valence-corrected chi connectivity index (χ2v) is 5.50. The topological polar surface area (TPSA) is 68.7 Å². The number of carbonyl (C=O) groups excluding carboxylic acids is 1. The average Bonchev–Trinajstić information content (AvgIpc) is 2.71. The number of hydrogen-bond donors (Lipinski definition) is 2. The van der Waals surface area contributed by atoms with Crippen molar-refractivity contribution in [3.8, 4) is 6.07 Å². The first-order chi connectivity index (χ1) is 9.66. The molecule has 1 aromatic heterocycles. The smallest absolute Gasteiger partial charge is 0.240 e. The van der Waals surface area contributed by atoms with Gasteiger partial charge in [-0.2, -0.15) is 5.26 Å². The summed E-state index contributed by atoms with van der Waals surface area (Å²) >= 11 is 0. The zero-order chi connectivity index (χ0) is 14.2. The Labute approximate surface area is 117 Å². The lowest BCUT2D eigenvalue weighted by atomic mass is 9.69. The van der Waals surface area contributed by atoms with Crippen molar-refractivity contribution in [1.82, 2.24) is 10.3 Å². The molecule has 1 saturated carbocycles. The number of hydrogen-bond acceptors (Lipinski definition) is 2. The highest BCUT2D eigenvalue weighted by Crippen LogP contribution is 2.40. The average molecular weight is 267 g/mol. The molecule has 1 fully saturated rings. The van der Waals surface area contributed by atoms with E-state index in [4.69, 9.17) is 0 Å². The number of nitrogens with zero attached hydrogens (tertiary/aromatic N) is 1. The Morgan fingerprint density at radius 1 is 1.45 bits per heavy atom. The molecule has 1 aliphatic rings. The van der Waals surface area contributed by atoms with Gasteiger partial charge in [-0.25, -0.2) is 0 Å². The summed E-state index contributed by atoms with van der Waals surface area (Å²) in [7, 11) is 0. The summed E-state index contributed by atoms with van der Waals surface area (Å²) in [5.41, 5.74) is 2.46. The first-order valence-electron chi connectivity index (χ1n) is 6.92. The molecule has 20 heavy (non-hydrogen) atoms. The molecule has 0 atom stereocenters. The Morgan fingerprint density at radius 2 is 2.20 bits per heavy atom. The summed E-state index contributed by atoms with van der Waals surface area (Å²) in [4.78, 5) is 15.5. The maximum atomic E-state index is 12.2. The van der Waals surface area contributed by atoms with Crippen LogP contribution in [0.2, 0.25) is 0 Å². The summed E-state index contributed by atoms with van der Waals surface area (Å²) in [6.07, 6.45) is 2.33. The van der Waals surface area contributed by atoms with E-state index in [0.29, 0.717) is 19.4 Å². The fourth-order valence-corrected chi connectivity index (χ4v) is 2.82. The monoisotopic (exact) mass is 267 g/mol. The van der Waals surface area contributed by atoms with E-state index in [0.717, 1.165) is 28.6 Å². The lowest BCUT2D eigenvalue weighted by Crippen LogP contribution is -2.44. The zero-order valence-electron chi connectivity index (χ0n) is 11.5. The van der Waals surface area contributed by atoms with E-state index < -0.39 is 5.41 Å². The summed E-state index contributed by atoms with van der Waals surface area (Å²) in [6, 6.07) is 10.2. The van der Waals surface area contributed by atoms with Gasteiger partial charge in [0.25, 0.3) is 0 Å². The zero-order valence-corrected chi connectivity index (χ0v) is 11.5. The number of benzene rings is 1. The van der Waals surface area contributed by atoms with Gasteiger partial charge in [-0.3, -0.25) is 4.79 Å². The Hall–Kier alpha value is -2.28. The number of amides is 1. The molecule has 1 aliphatic carbocycles. The molecule has 0 bridgehead atoms. The van der Waals surface area contributed by atoms with Crippen LogP contribution in [0.25, 0.3) is 10.9 Å². The Kier molecular flexibility index (Phi) is 2.98. The fraction of sp³-hybridized carbons (Fsp3) is 0.375. The number of rotatable bonds is 3. The molecular formula is C16H17N3O. The van der Waals surface area contributed by atoms with Crippen LogP contribution in [-0.4, -0.2) is 10.9 Å². The van der Waals surface area contributed by atoms with E-state index in [-0.39, 0.29) is 5.91 Å². The number of aromatic nitrogens is 1. The van der Waals surface area contributed by atoms with Crippen molar-refractivity contribution in [1.29, 1.82) is 5.26 Å². The van der Waals surface area contributed by atoms with Crippen molar-refractivity contribution >= 4 is 16.8 Å². The highest BCUT2D eigenvalue weighted by Gasteiger charge is 2.44. The predicted octanol–water partition coefficient (Wildman–Crippen LogP) is 2.79. The van der Waals surface area contributed by atoms with Crippen LogP contribution in [0.1, 0.15) is 30.5 Å². The molecule has 4 nitrogen and oxygen atoms in total. The van der Waals surface area contributed by atoms with Gasteiger partial charge in [0, 0.05) is 23.1 Å². The minimum Gasteiger partial charge on any atom is -0.358 e. The quantitative estimate of drug-likeness (QED) is 0.897. The second kappa shape index (κ2) is 4.68. The highest BCUT2D eigenvalue weighted by molar-refractivity contribution is 5.88. The minimum atomic E-state index is -0.778. The van der Waals surface area contributed by atoms with E-state index in [9.17, 15) is 10.1 Å². The SMILES string of the molecule is Cc1[nH]c2ccccc2c1CNC(=O)C1(C#N)CCC1. The number of fused-ring (bicyclic) bond motifs is 1. The predicted molar refractivity (Wildman–Crippen MR) is 76.8 cm³/mol. The van der Waals surface area contributed by atoms with Crippen LogP contribution >= 0.6 is 0 Å². The van der Waals surface area contributed by atoms with Gasteiger partial charge >= 0.3 is 0 Å². The number of H-pyrrole nitrogens is 1. The van der Waals surface area contributed by atoms with E-state index >= 15 is 0 Å². The van der Waals surface area contributed by atoms with Gasteiger partial charge in [-0.15, -0.1) is 0 Å². The van der Waals surface area contributed by atoms with Gasteiger partial charge < -0.3 is 10.3 Å². The summed E-state index contributed by atoms with van der Waals surface area (Å²) in [6.45, 7) is 2.48. The first-order valence-corrected chi connectivity index (χ1v) is 6.92. The Bertz CT molecular complexity index is 704. The second-order valence-electron chi connectivity index (χ2n) is 5.50. The largest absolute Gasteiger partial charge is 0.358 e. The van der Waals surface area contributed by atoms with Crippen LogP contribution in [0.3, 0.4) is 0 Å². The highest BCUT2D eigenvalue weighted by atomic mass is 16.2. The van der Waals surface area contributed by atoms with Gasteiger partial charge in [0.2, 0.25) is 5.91 Å². The molecule has 2 N–H and O–H groups in total. The fourth-order valence-electron chi connectivity index (χ4n) is 2.82. The standard InChI is InChI=1S/C16H17N3O/c1-11-13(12-5-2-3-6-14(12)19-11)9-18-15(20)16(10-17)7-4-8-16/h2-3,5-6,19H,4,7-9H2,1H3,(H,18,20). The van der Waals surface area contributed by atoms with Crippen molar-refractivity contribution in [2.45, 2.75) is 32.7 Å². The molecule has 0 radical (unpaired) electrons. The summed E-state index contributed by atoms with van der Waals surface area (Å²) in [5.74, 6) is -0.129. The van der Waals surface area contributed by atoms with Crippen LogP contribution < -0.4 is 5.32 Å². The Balaban J connectivity index is 1.79. The molecule has 1 amide bonds. The molecule has 2 aromatic rings. The summed E-state index contributed by atoms with van der Waals surface area (Å²) in [5, 5.41) is 13.2. The number of para-hydroxylation sites is 1. The third kappa shape index (κ3) is 1.87. The third-order valence-electron chi connectivity index (χ3n) is 4.31. The number of nitrogens with one attached hydrogen (secondary N) is 2. The van der Waals surface area contributed by atoms with Crippen LogP contribution in [-0.2, 0) is 11.3 Å². The van der Waals surface area contributed by atoms with Gasteiger partial charge in [0.15, 0.2) is 0 Å². The number of aryl methyl sites for hydroxylation is 1. The molecule has 0 unspecified atom stereocenters. The van der Waals surface area contributed by atoms with Gasteiger partial charge in [0.1, 0.15) is 5.41 Å². The minimum absolute atomic E-state index is 0.129. The third-order valence-corrected chi connectivity index (χ3v) is 4.31. The number of nitriles is 1. The van der Waals surface area contributed by atoms with Crippen LogP contribution in [0, 0.1) is 23.7 Å². The summed E-state index contributed by atoms with van der Waals surface area (Å²) < 4.78 is 0. The van der Waals surface area contributed by atoms with Crippen molar-refractivity contribution in [2.75, 3.05) is 0 Å². The molecule has 1 heterocycles. The van der Waals surface area contributed by atoms with Crippen molar-refractivity contribution < 1.29 is 4.79 Å². The molecule has 0 saturated heterocycles. The molecule has 4 heteroatoms. The molecule has 102 valence electrons. The molecule has 1 aromatic carbocycles. The molecule has 0 spiro atoms. The maximum absolute atomic E-state index is 12.2. The van der Waals surface area contributed by atoms with Crippen molar-refractivity contribution in [3.05, 3.63) is 35.5 Å². The van der Waals surface area contributed by atoms with E-state index in [2.05, 4.69) is 16.4 Å². The normalized spacial score (nSPS) is 16.4. The van der Waals surface area contributed by atoms with Crippen molar-refractivity contribution in [3.63, 3.8) is 0 Å². The first kappa shape index (κ1) is 12.7. The van der Waals surface area contributed by atoms with Gasteiger partial charge in [-0.05, 0) is 37.8 Å². The van der Waals surface area contributed by atoms with Crippen LogP contribution in [0.4, 0.5) is 0 Å². The van der Waals surface area contributed by atoms with E-state index in [1.807, 2.05) is 31.2 Å². The van der Waals surface area contributed by atoms with Crippen molar-refractivity contribution in [2.24, 2.45) is 5.41 Å². The number of aromatic amines is 1. The Morgan fingerprint density at radius 3 is 2.85 bits per heavy atom. The molecule has 3 rings (SSSR count). The maximum Gasteiger partial charge on any atom is 0.240 e. The lowest BCUT2D eigenvalue weighted by Gasteiger charge is -2.33. The van der Waals surface area contributed by atoms with Crippen LogP contribution in [0.5, 0.6) is 0 Å². The molecular weight excluding hydrogens is 250 g/mol. The molecule has 0 aliphatic heterocycles.